The smallest absolute Gasteiger partial charge is 0.0438 e. The first kappa shape index (κ1) is 15.6. The van der Waals surface area contributed by atoms with Gasteiger partial charge in [-0.1, -0.05) is 77.8 Å². The Bertz CT molecular complexity index is 577. The van der Waals surface area contributed by atoms with Gasteiger partial charge in [-0.25, -0.2) is 0 Å². The van der Waals surface area contributed by atoms with Crippen molar-refractivity contribution in [2.75, 3.05) is 0 Å². The molecule has 0 N–H and O–H groups in total. The molecule has 1 unspecified atom stereocenters. The van der Waals surface area contributed by atoms with Crippen LogP contribution in [-0.2, 0) is 19.3 Å². The SMILES string of the molecule is CCc1ccc(CC)c(C(Br)Cc2ccccc2Cl)c1. The van der Waals surface area contributed by atoms with Gasteiger partial charge in [0.15, 0.2) is 0 Å². The van der Waals surface area contributed by atoms with Crippen molar-refractivity contribution in [3.05, 3.63) is 69.7 Å². The summed E-state index contributed by atoms with van der Waals surface area (Å²) in [6, 6.07) is 14.9. The maximum absolute atomic E-state index is 6.27. The molecule has 2 heteroatoms. The van der Waals surface area contributed by atoms with Crippen LogP contribution >= 0.6 is 27.5 Å². The fraction of sp³-hybridized carbons (Fsp3) is 0.333. The zero-order chi connectivity index (χ0) is 14.5. The van der Waals surface area contributed by atoms with E-state index in [0.717, 1.165) is 24.3 Å². The first-order valence-electron chi connectivity index (χ1n) is 7.14. The lowest BCUT2D eigenvalue weighted by atomic mass is 9.95. The Balaban J connectivity index is 2.28. The van der Waals surface area contributed by atoms with Gasteiger partial charge in [-0.15, -0.1) is 0 Å². The predicted molar refractivity (Wildman–Crippen MR) is 92.0 cm³/mol. The number of hydrogen-bond donors (Lipinski definition) is 0. The van der Waals surface area contributed by atoms with E-state index >= 15 is 0 Å². The first-order valence-corrected chi connectivity index (χ1v) is 8.44. The molecule has 2 rings (SSSR count). The minimum absolute atomic E-state index is 0.309. The topological polar surface area (TPSA) is 0 Å². The zero-order valence-electron chi connectivity index (χ0n) is 12.0. The summed E-state index contributed by atoms with van der Waals surface area (Å²) < 4.78 is 0. The Kier molecular flexibility index (Phi) is 5.68. The van der Waals surface area contributed by atoms with Crippen LogP contribution in [0.15, 0.2) is 42.5 Å². The minimum atomic E-state index is 0.309. The molecule has 2 aromatic carbocycles. The molecule has 0 aliphatic heterocycles. The van der Waals surface area contributed by atoms with Gasteiger partial charge in [0, 0.05) is 9.85 Å². The van der Waals surface area contributed by atoms with Crippen LogP contribution in [0.4, 0.5) is 0 Å². The third-order valence-corrected chi connectivity index (χ3v) is 4.88. The van der Waals surface area contributed by atoms with E-state index < -0.39 is 0 Å². The van der Waals surface area contributed by atoms with Gasteiger partial charge in [0.25, 0.3) is 0 Å². The summed E-state index contributed by atoms with van der Waals surface area (Å²) in [5.41, 5.74) is 5.39. The lowest BCUT2D eigenvalue weighted by Crippen LogP contribution is -2.01. The second-order valence-corrected chi connectivity index (χ2v) is 6.52. The van der Waals surface area contributed by atoms with Gasteiger partial charge in [0.2, 0.25) is 0 Å². The molecule has 2 aromatic rings. The molecule has 0 bridgehead atoms. The van der Waals surface area contributed by atoms with Crippen LogP contribution in [0, 0.1) is 0 Å². The van der Waals surface area contributed by atoms with Crippen LogP contribution in [0.25, 0.3) is 0 Å². The molecule has 0 aromatic heterocycles. The van der Waals surface area contributed by atoms with Gasteiger partial charge in [0.1, 0.15) is 0 Å². The summed E-state index contributed by atoms with van der Waals surface area (Å²) in [6.45, 7) is 4.40. The van der Waals surface area contributed by atoms with Crippen LogP contribution in [-0.4, -0.2) is 0 Å². The van der Waals surface area contributed by atoms with Crippen LogP contribution in [0.3, 0.4) is 0 Å². The first-order chi connectivity index (χ1) is 9.65. The summed E-state index contributed by atoms with van der Waals surface area (Å²) in [6.07, 6.45) is 3.05. The molecular weight excluding hydrogens is 332 g/mol. The van der Waals surface area contributed by atoms with Gasteiger partial charge in [-0.05, 0) is 47.6 Å². The second-order valence-electron chi connectivity index (χ2n) is 5.00. The van der Waals surface area contributed by atoms with Crippen molar-refractivity contribution < 1.29 is 0 Å². The molecule has 0 saturated carbocycles. The van der Waals surface area contributed by atoms with Crippen LogP contribution < -0.4 is 0 Å². The van der Waals surface area contributed by atoms with E-state index in [0.29, 0.717) is 4.83 Å². The van der Waals surface area contributed by atoms with Crippen molar-refractivity contribution >= 4 is 27.5 Å². The van der Waals surface area contributed by atoms with Gasteiger partial charge in [-0.3, -0.25) is 0 Å². The normalized spacial score (nSPS) is 12.4. The quantitative estimate of drug-likeness (QED) is 0.567. The van der Waals surface area contributed by atoms with Gasteiger partial charge in [-0.2, -0.15) is 0 Å². The van der Waals surface area contributed by atoms with Crippen molar-refractivity contribution in [2.24, 2.45) is 0 Å². The van der Waals surface area contributed by atoms with E-state index in [1.165, 1.54) is 22.3 Å². The number of rotatable bonds is 5. The molecule has 106 valence electrons. The molecule has 0 aliphatic rings. The highest BCUT2D eigenvalue weighted by Gasteiger charge is 2.14. The van der Waals surface area contributed by atoms with E-state index in [2.05, 4.69) is 54.0 Å². The highest BCUT2D eigenvalue weighted by Crippen LogP contribution is 2.32. The van der Waals surface area contributed by atoms with Crippen molar-refractivity contribution in [1.82, 2.24) is 0 Å². The largest absolute Gasteiger partial charge is 0.0840 e. The van der Waals surface area contributed by atoms with E-state index in [1.54, 1.807) is 0 Å². The van der Waals surface area contributed by atoms with Crippen LogP contribution in [0.1, 0.15) is 40.9 Å². The predicted octanol–water partition coefficient (Wildman–Crippen LogP) is 6.14. The Morgan fingerprint density at radius 3 is 2.40 bits per heavy atom. The number of alkyl halides is 1. The molecule has 0 radical (unpaired) electrons. The average Bonchev–Trinajstić information content (AvgIpc) is 2.48. The molecule has 0 nitrogen and oxygen atoms in total. The molecule has 0 spiro atoms. The highest BCUT2D eigenvalue weighted by molar-refractivity contribution is 9.09. The third kappa shape index (κ3) is 3.65. The molecular formula is C18H20BrCl. The highest BCUT2D eigenvalue weighted by atomic mass is 79.9. The average molecular weight is 352 g/mol. The molecule has 0 heterocycles. The fourth-order valence-electron chi connectivity index (χ4n) is 2.44. The summed E-state index contributed by atoms with van der Waals surface area (Å²) in [7, 11) is 0. The Morgan fingerprint density at radius 1 is 1.00 bits per heavy atom. The van der Waals surface area contributed by atoms with Crippen LogP contribution in [0.2, 0.25) is 5.02 Å². The van der Waals surface area contributed by atoms with E-state index in [9.17, 15) is 0 Å². The van der Waals surface area contributed by atoms with E-state index in [-0.39, 0.29) is 0 Å². The van der Waals surface area contributed by atoms with Crippen molar-refractivity contribution in [1.29, 1.82) is 0 Å². The lowest BCUT2D eigenvalue weighted by Gasteiger charge is -2.16. The maximum atomic E-state index is 6.27. The zero-order valence-corrected chi connectivity index (χ0v) is 14.3. The van der Waals surface area contributed by atoms with Crippen LogP contribution in [0.5, 0.6) is 0 Å². The number of benzene rings is 2. The number of halogens is 2. The Labute approximate surface area is 135 Å². The maximum Gasteiger partial charge on any atom is 0.0438 e. The Hall–Kier alpha value is -0.790. The Morgan fingerprint density at radius 2 is 1.75 bits per heavy atom. The number of aryl methyl sites for hydroxylation is 2. The molecule has 0 fully saturated rings. The number of hydrogen-bond acceptors (Lipinski definition) is 0. The van der Waals surface area contributed by atoms with Gasteiger partial charge >= 0.3 is 0 Å². The van der Waals surface area contributed by atoms with E-state index in [4.69, 9.17) is 11.6 Å². The monoisotopic (exact) mass is 350 g/mol. The van der Waals surface area contributed by atoms with E-state index in [1.807, 2.05) is 18.2 Å². The van der Waals surface area contributed by atoms with Gasteiger partial charge < -0.3 is 0 Å². The summed E-state index contributed by atoms with van der Waals surface area (Å²) in [5.74, 6) is 0. The molecule has 0 amide bonds. The summed E-state index contributed by atoms with van der Waals surface area (Å²) in [4.78, 5) is 0.309. The molecule has 0 saturated heterocycles. The van der Waals surface area contributed by atoms with Crippen molar-refractivity contribution in [3.8, 4) is 0 Å². The lowest BCUT2D eigenvalue weighted by molar-refractivity contribution is 0.914. The van der Waals surface area contributed by atoms with Crippen molar-refractivity contribution in [2.45, 2.75) is 37.9 Å². The third-order valence-electron chi connectivity index (χ3n) is 3.69. The standard InChI is InChI=1S/C18H20BrCl/c1-3-13-9-10-14(4-2)16(11-13)17(19)12-15-7-5-6-8-18(15)20/h5-11,17H,3-4,12H2,1-2H3. The van der Waals surface area contributed by atoms with Gasteiger partial charge in [0.05, 0.1) is 0 Å². The fourth-order valence-corrected chi connectivity index (χ4v) is 3.43. The minimum Gasteiger partial charge on any atom is -0.0840 e. The summed E-state index contributed by atoms with van der Waals surface area (Å²) >= 11 is 10.1. The molecule has 1 atom stereocenters. The second kappa shape index (κ2) is 7.28. The van der Waals surface area contributed by atoms with Crippen molar-refractivity contribution in [3.63, 3.8) is 0 Å². The summed E-state index contributed by atoms with van der Waals surface area (Å²) in [5, 5.41) is 0.849. The molecule has 20 heavy (non-hydrogen) atoms. The molecule has 0 aliphatic carbocycles.